The molecule has 0 unspecified atom stereocenters. The number of urea groups is 1. The lowest BCUT2D eigenvalue weighted by molar-refractivity contribution is 0.0705. The molecular formula is C15H17N3O2. The van der Waals surface area contributed by atoms with E-state index >= 15 is 0 Å². The van der Waals surface area contributed by atoms with Crippen molar-refractivity contribution in [3.05, 3.63) is 54.2 Å². The van der Waals surface area contributed by atoms with Crippen molar-refractivity contribution in [1.82, 2.24) is 15.8 Å². The number of carbonyl (C=O) groups excluding carboxylic acids is 1. The number of nitrogens with zero attached hydrogens (tertiary/aromatic N) is 1. The van der Waals surface area contributed by atoms with E-state index in [0.29, 0.717) is 13.2 Å². The quantitative estimate of drug-likeness (QED) is 0.821. The van der Waals surface area contributed by atoms with Crippen LogP contribution in [-0.2, 0) is 11.4 Å². The van der Waals surface area contributed by atoms with Gasteiger partial charge in [-0.3, -0.25) is 9.82 Å². The minimum Gasteiger partial charge on any atom is -0.332 e. The summed E-state index contributed by atoms with van der Waals surface area (Å²) in [6, 6.07) is 13.3. The molecule has 0 atom stereocenters. The topological polar surface area (TPSA) is 63.2 Å². The Morgan fingerprint density at radius 2 is 2.15 bits per heavy atom. The number of rotatable bonds is 5. The largest absolute Gasteiger partial charge is 0.338 e. The molecule has 2 aromatic rings. The third-order valence-electron chi connectivity index (χ3n) is 2.65. The van der Waals surface area contributed by atoms with E-state index in [2.05, 4.69) is 15.8 Å². The maximum Gasteiger partial charge on any atom is 0.338 e. The molecule has 0 aliphatic heterocycles. The van der Waals surface area contributed by atoms with Crippen LogP contribution in [0.15, 0.2) is 48.7 Å². The summed E-state index contributed by atoms with van der Waals surface area (Å²) in [5, 5.41) is 2.72. The second-order valence-electron chi connectivity index (χ2n) is 4.13. The third-order valence-corrected chi connectivity index (χ3v) is 2.65. The molecule has 2 N–H and O–H groups in total. The SMILES string of the molecule is CCONC(=O)NCc1cccc(-c2ccccn2)c1. The van der Waals surface area contributed by atoms with Crippen LogP contribution in [0.4, 0.5) is 4.79 Å². The molecule has 1 aromatic carbocycles. The molecule has 2 rings (SSSR count). The average molecular weight is 271 g/mol. The number of amides is 2. The molecule has 5 nitrogen and oxygen atoms in total. The lowest BCUT2D eigenvalue weighted by atomic mass is 10.1. The van der Waals surface area contributed by atoms with Gasteiger partial charge in [0.2, 0.25) is 0 Å². The maximum atomic E-state index is 11.4. The van der Waals surface area contributed by atoms with E-state index in [0.717, 1.165) is 16.8 Å². The number of hydroxylamine groups is 1. The van der Waals surface area contributed by atoms with Crippen LogP contribution < -0.4 is 10.8 Å². The van der Waals surface area contributed by atoms with Crippen LogP contribution in [0.1, 0.15) is 12.5 Å². The number of nitrogens with one attached hydrogen (secondary N) is 2. The molecule has 1 heterocycles. The van der Waals surface area contributed by atoms with Crippen LogP contribution in [-0.4, -0.2) is 17.6 Å². The van der Waals surface area contributed by atoms with E-state index in [-0.39, 0.29) is 6.03 Å². The third kappa shape index (κ3) is 4.07. The molecule has 0 fully saturated rings. The molecule has 0 radical (unpaired) electrons. The van der Waals surface area contributed by atoms with Crippen molar-refractivity contribution in [2.45, 2.75) is 13.5 Å². The molecule has 0 saturated carbocycles. The zero-order chi connectivity index (χ0) is 14.2. The first-order valence-corrected chi connectivity index (χ1v) is 6.45. The number of carbonyl (C=O) groups is 1. The van der Waals surface area contributed by atoms with Crippen molar-refractivity contribution in [2.75, 3.05) is 6.61 Å². The van der Waals surface area contributed by atoms with Gasteiger partial charge in [-0.15, -0.1) is 0 Å². The van der Waals surface area contributed by atoms with Crippen molar-refractivity contribution in [3.63, 3.8) is 0 Å². The number of benzene rings is 1. The Morgan fingerprint density at radius 1 is 1.25 bits per heavy atom. The first kappa shape index (κ1) is 14.0. The van der Waals surface area contributed by atoms with Gasteiger partial charge in [-0.05, 0) is 30.7 Å². The first-order valence-electron chi connectivity index (χ1n) is 6.45. The van der Waals surface area contributed by atoms with Crippen LogP contribution in [0.2, 0.25) is 0 Å². The smallest absolute Gasteiger partial charge is 0.332 e. The molecule has 0 aliphatic carbocycles. The van der Waals surface area contributed by atoms with Crippen molar-refractivity contribution < 1.29 is 9.63 Å². The summed E-state index contributed by atoms with van der Waals surface area (Å²) in [6.07, 6.45) is 1.76. The lowest BCUT2D eigenvalue weighted by Crippen LogP contribution is -2.34. The fourth-order valence-corrected chi connectivity index (χ4v) is 1.73. The Bertz CT molecular complexity index is 558. The van der Waals surface area contributed by atoms with Gasteiger partial charge in [-0.1, -0.05) is 24.3 Å². The van der Waals surface area contributed by atoms with Gasteiger partial charge in [0.15, 0.2) is 0 Å². The van der Waals surface area contributed by atoms with Crippen LogP contribution in [0, 0.1) is 0 Å². The number of aromatic nitrogens is 1. The highest BCUT2D eigenvalue weighted by molar-refractivity contribution is 5.72. The number of hydrogen-bond donors (Lipinski definition) is 2. The molecular weight excluding hydrogens is 254 g/mol. The highest BCUT2D eigenvalue weighted by Crippen LogP contribution is 2.17. The van der Waals surface area contributed by atoms with Gasteiger partial charge in [0.05, 0.1) is 12.3 Å². The van der Waals surface area contributed by atoms with E-state index in [1.807, 2.05) is 42.5 Å². The molecule has 0 saturated heterocycles. The standard InChI is InChI=1S/C15H17N3O2/c1-2-20-18-15(19)17-11-12-6-5-7-13(10-12)14-8-3-4-9-16-14/h3-10H,2,11H2,1H3,(H2,17,18,19). The fourth-order valence-electron chi connectivity index (χ4n) is 1.73. The zero-order valence-electron chi connectivity index (χ0n) is 11.3. The summed E-state index contributed by atoms with van der Waals surface area (Å²) < 4.78 is 0. The van der Waals surface area contributed by atoms with Crippen molar-refractivity contribution in [2.24, 2.45) is 0 Å². The molecule has 20 heavy (non-hydrogen) atoms. The Labute approximate surface area is 117 Å². The molecule has 1 aromatic heterocycles. The highest BCUT2D eigenvalue weighted by Gasteiger charge is 2.02. The lowest BCUT2D eigenvalue weighted by Gasteiger charge is -2.08. The summed E-state index contributed by atoms with van der Waals surface area (Å²) >= 11 is 0. The van der Waals surface area contributed by atoms with Crippen molar-refractivity contribution in [1.29, 1.82) is 0 Å². The second kappa shape index (κ2) is 7.25. The van der Waals surface area contributed by atoms with Crippen molar-refractivity contribution >= 4 is 6.03 Å². The van der Waals surface area contributed by atoms with Crippen LogP contribution in [0.3, 0.4) is 0 Å². The minimum absolute atomic E-state index is 0.352. The second-order valence-corrected chi connectivity index (χ2v) is 4.13. The van der Waals surface area contributed by atoms with Gasteiger partial charge in [0.1, 0.15) is 0 Å². The van der Waals surface area contributed by atoms with E-state index in [1.54, 1.807) is 13.1 Å². The Hall–Kier alpha value is -2.40. The number of hydrogen-bond acceptors (Lipinski definition) is 3. The fraction of sp³-hybridized carbons (Fsp3) is 0.200. The summed E-state index contributed by atoms with van der Waals surface area (Å²) in [5.74, 6) is 0. The first-order chi connectivity index (χ1) is 9.79. The summed E-state index contributed by atoms with van der Waals surface area (Å²) in [5.41, 5.74) is 5.22. The van der Waals surface area contributed by atoms with Crippen LogP contribution in [0.5, 0.6) is 0 Å². The monoisotopic (exact) mass is 271 g/mol. The van der Waals surface area contributed by atoms with Gasteiger partial charge in [-0.25, -0.2) is 10.3 Å². The Balaban J connectivity index is 1.98. The minimum atomic E-state index is -0.352. The Morgan fingerprint density at radius 3 is 2.90 bits per heavy atom. The van der Waals surface area contributed by atoms with Gasteiger partial charge in [0, 0.05) is 18.3 Å². The predicted molar refractivity (Wildman–Crippen MR) is 76.7 cm³/mol. The summed E-state index contributed by atoms with van der Waals surface area (Å²) in [7, 11) is 0. The Kier molecular flexibility index (Phi) is 5.08. The molecule has 104 valence electrons. The summed E-state index contributed by atoms with van der Waals surface area (Å²) in [4.78, 5) is 20.5. The summed E-state index contributed by atoms with van der Waals surface area (Å²) in [6.45, 7) is 2.67. The average Bonchev–Trinajstić information content (AvgIpc) is 2.52. The van der Waals surface area contributed by atoms with Gasteiger partial charge in [-0.2, -0.15) is 0 Å². The van der Waals surface area contributed by atoms with Gasteiger partial charge in [0.25, 0.3) is 0 Å². The van der Waals surface area contributed by atoms with E-state index in [1.165, 1.54) is 0 Å². The van der Waals surface area contributed by atoms with Gasteiger partial charge < -0.3 is 5.32 Å². The normalized spacial score (nSPS) is 10.1. The van der Waals surface area contributed by atoms with Crippen molar-refractivity contribution in [3.8, 4) is 11.3 Å². The van der Waals surface area contributed by atoms with Gasteiger partial charge >= 0.3 is 6.03 Å². The molecule has 5 heteroatoms. The van der Waals surface area contributed by atoms with Crippen LogP contribution in [0.25, 0.3) is 11.3 Å². The van der Waals surface area contributed by atoms with Crippen LogP contribution >= 0.6 is 0 Å². The molecule has 2 amide bonds. The van der Waals surface area contributed by atoms with E-state index in [4.69, 9.17) is 4.84 Å². The maximum absolute atomic E-state index is 11.4. The van der Waals surface area contributed by atoms with E-state index in [9.17, 15) is 4.79 Å². The molecule has 0 aliphatic rings. The number of pyridine rings is 1. The molecule has 0 spiro atoms. The molecule has 0 bridgehead atoms. The zero-order valence-corrected chi connectivity index (χ0v) is 11.3. The predicted octanol–water partition coefficient (Wildman–Crippen LogP) is 2.50. The highest BCUT2D eigenvalue weighted by atomic mass is 16.7. The van der Waals surface area contributed by atoms with E-state index < -0.39 is 0 Å².